The first-order valence-corrected chi connectivity index (χ1v) is 8.34. The van der Waals surface area contributed by atoms with Gasteiger partial charge in [0, 0.05) is 10.8 Å². The Morgan fingerprint density at radius 1 is 1.30 bits per heavy atom. The third-order valence-corrected chi connectivity index (χ3v) is 4.48. The standard InChI is InChI=1S/C16H18N2O4S/c1-4-22-16(20)12(8-17)10-6-5-7-11(10)14(23-3)13(9-18)15(19)21-2/h11H,4-7H2,1-3H3. The van der Waals surface area contributed by atoms with E-state index in [0.29, 0.717) is 23.3 Å². The number of rotatable bonds is 5. The quantitative estimate of drug-likeness (QED) is 0.432. The molecule has 0 N–H and O–H groups in total. The van der Waals surface area contributed by atoms with Crippen LogP contribution in [0.4, 0.5) is 0 Å². The van der Waals surface area contributed by atoms with Crippen LogP contribution in [0.5, 0.6) is 0 Å². The van der Waals surface area contributed by atoms with Gasteiger partial charge in [-0.1, -0.05) is 0 Å². The monoisotopic (exact) mass is 334 g/mol. The second kappa shape index (κ2) is 9.02. The summed E-state index contributed by atoms with van der Waals surface area (Å²) in [5.41, 5.74) is 0.528. The minimum atomic E-state index is -0.710. The Bertz CT molecular complexity index is 637. The molecule has 1 aliphatic carbocycles. The van der Waals surface area contributed by atoms with Crippen LogP contribution < -0.4 is 0 Å². The third-order valence-electron chi connectivity index (χ3n) is 3.56. The van der Waals surface area contributed by atoms with Crippen LogP contribution >= 0.6 is 11.8 Å². The molecule has 0 aromatic rings. The number of esters is 2. The lowest BCUT2D eigenvalue weighted by atomic mass is 9.95. The zero-order valence-electron chi connectivity index (χ0n) is 13.3. The van der Waals surface area contributed by atoms with Crippen LogP contribution in [0.1, 0.15) is 26.2 Å². The molecule has 0 aromatic carbocycles. The average Bonchev–Trinajstić information content (AvgIpc) is 3.01. The van der Waals surface area contributed by atoms with Gasteiger partial charge in [0.15, 0.2) is 0 Å². The highest BCUT2D eigenvalue weighted by molar-refractivity contribution is 8.02. The number of nitriles is 2. The van der Waals surface area contributed by atoms with Crippen LogP contribution in [0.15, 0.2) is 21.6 Å². The Kier molecular flexibility index (Phi) is 7.37. The Balaban J connectivity index is 3.42. The van der Waals surface area contributed by atoms with Crippen LogP contribution in [0.3, 0.4) is 0 Å². The number of carbonyl (C=O) groups excluding carboxylic acids is 2. The second-order valence-corrected chi connectivity index (χ2v) is 5.57. The molecule has 0 bridgehead atoms. The average molecular weight is 334 g/mol. The summed E-state index contributed by atoms with van der Waals surface area (Å²) >= 11 is 1.26. The summed E-state index contributed by atoms with van der Waals surface area (Å²) < 4.78 is 9.57. The molecule has 1 aliphatic rings. The number of methoxy groups -OCH3 is 1. The lowest BCUT2D eigenvalue weighted by Gasteiger charge is -2.17. The predicted molar refractivity (Wildman–Crippen MR) is 84.8 cm³/mol. The highest BCUT2D eigenvalue weighted by Crippen LogP contribution is 2.43. The summed E-state index contributed by atoms with van der Waals surface area (Å²) in [6.07, 6.45) is 3.76. The van der Waals surface area contributed by atoms with Crippen LogP contribution in [0, 0.1) is 28.6 Å². The normalized spacial score (nSPS) is 20.0. The fourth-order valence-corrected chi connectivity index (χ4v) is 3.49. The van der Waals surface area contributed by atoms with Crippen molar-refractivity contribution in [3.8, 4) is 12.1 Å². The maximum Gasteiger partial charge on any atom is 0.349 e. The molecule has 1 saturated carbocycles. The largest absolute Gasteiger partial charge is 0.465 e. The van der Waals surface area contributed by atoms with Crippen LogP contribution in [-0.4, -0.2) is 31.9 Å². The van der Waals surface area contributed by atoms with Gasteiger partial charge >= 0.3 is 11.9 Å². The number of hydrogen-bond acceptors (Lipinski definition) is 7. The minimum Gasteiger partial charge on any atom is -0.465 e. The first-order valence-electron chi connectivity index (χ1n) is 7.12. The molecule has 6 nitrogen and oxygen atoms in total. The lowest BCUT2D eigenvalue weighted by molar-refractivity contribution is -0.138. The van der Waals surface area contributed by atoms with E-state index >= 15 is 0 Å². The molecule has 7 heteroatoms. The van der Waals surface area contributed by atoms with Crippen LogP contribution in [-0.2, 0) is 19.1 Å². The van der Waals surface area contributed by atoms with Gasteiger partial charge < -0.3 is 9.47 Å². The molecule has 122 valence electrons. The summed E-state index contributed by atoms with van der Waals surface area (Å²) in [5, 5.41) is 18.6. The zero-order chi connectivity index (χ0) is 17.4. The van der Waals surface area contributed by atoms with E-state index in [-0.39, 0.29) is 23.7 Å². The molecular formula is C16H18N2O4S. The van der Waals surface area contributed by atoms with E-state index in [1.54, 1.807) is 13.2 Å². The number of thioether (sulfide) groups is 1. The zero-order valence-corrected chi connectivity index (χ0v) is 14.2. The molecule has 0 aromatic heterocycles. The predicted octanol–water partition coefficient (Wildman–Crippen LogP) is 2.48. The van der Waals surface area contributed by atoms with Gasteiger partial charge in [-0.25, -0.2) is 9.59 Å². The number of carbonyl (C=O) groups is 2. The molecule has 0 spiro atoms. The Morgan fingerprint density at radius 3 is 2.48 bits per heavy atom. The molecule has 23 heavy (non-hydrogen) atoms. The molecule has 0 aliphatic heterocycles. The molecule has 1 fully saturated rings. The molecule has 1 unspecified atom stereocenters. The first-order chi connectivity index (χ1) is 11.0. The number of nitrogens with zero attached hydrogens (tertiary/aromatic N) is 2. The SMILES string of the molecule is CCOC(=O)C(C#N)=C1CCCC1C(SC)=C(C#N)C(=O)OC. The Hall–Kier alpha value is -2.25. The fraction of sp³-hybridized carbons (Fsp3) is 0.500. The molecule has 0 radical (unpaired) electrons. The van der Waals surface area contributed by atoms with Crippen LogP contribution in [0.2, 0.25) is 0 Å². The van der Waals surface area contributed by atoms with Crippen molar-refractivity contribution in [2.75, 3.05) is 20.0 Å². The van der Waals surface area contributed by atoms with Crippen molar-refractivity contribution < 1.29 is 19.1 Å². The van der Waals surface area contributed by atoms with Crippen molar-refractivity contribution in [3.63, 3.8) is 0 Å². The van der Waals surface area contributed by atoms with Gasteiger partial charge in [-0.05, 0) is 38.0 Å². The number of allylic oxidation sites excluding steroid dienone is 2. The maximum atomic E-state index is 12.0. The summed E-state index contributed by atoms with van der Waals surface area (Å²) in [4.78, 5) is 24.3. The maximum absolute atomic E-state index is 12.0. The Labute approximate surface area is 139 Å². The summed E-state index contributed by atoms with van der Waals surface area (Å²) in [6.45, 7) is 1.85. The lowest BCUT2D eigenvalue weighted by Crippen LogP contribution is -2.14. The van der Waals surface area contributed by atoms with E-state index in [1.807, 2.05) is 12.1 Å². The van der Waals surface area contributed by atoms with Crippen molar-refractivity contribution >= 4 is 23.7 Å². The van der Waals surface area contributed by atoms with Crippen molar-refractivity contribution in [2.45, 2.75) is 26.2 Å². The molecule has 1 atom stereocenters. The van der Waals surface area contributed by atoms with Gasteiger partial charge in [0.2, 0.25) is 0 Å². The highest BCUT2D eigenvalue weighted by Gasteiger charge is 2.33. The van der Waals surface area contributed by atoms with E-state index in [2.05, 4.69) is 4.74 Å². The van der Waals surface area contributed by atoms with E-state index in [1.165, 1.54) is 18.9 Å². The minimum absolute atomic E-state index is 0.0249. The molecule has 0 saturated heterocycles. The van der Waals surface area contributed by atoms with E-state index in [9.17, 15) is 20.1 Å². The highest BCUT2D eigenvalue weighted by atomic mass is 32.2. The molecule has 1 rings (SSSR count). The van der Waals surface area contributed by atoms with Gasteiger partial charge in [0.05, 0.1) is 13.7 Å². The van der Waals surface area contributed by atoms with E-state index < -0.39 is 11.9 Å². The summed E-state index contributed by atoms with van der Waals surface area (Å²) in [7, 11) is 1.21. The van der Waals surface area contributed by atoms with Gasteiger partial charge in [0.25, 0.3) is 0 Å². The smallest absolute Gasteiger partial charge is 0.349 e. The summed E-state index contributed by atoms with van der Waals surface area (Å²) in [5.74, 6) is -1.68. The molecule has 0 amide bonds. The first kappa shape index (κ1) is 18.8. The summed E-state index contributed by atoms with van der Waals surface area (Å²) in [6, 6.07) is 3.79. The van der Waals surface area contributed by atoms with Gasteiger partial charge in [0.1, 0.15) is 23.3 Å². The van der Waals surface area contributed by atoms with Crippen molar-refractivity contribution in [3.05, 3.63) is 21.6 Å². The molecular weight excluding hydrogens is 316 g/mol. The Morgan fingerprint density at radius 2 is 2.00 bits per heavy atom. The fourth-order valence-electron chi connectivity index (χ4n) is 2.61. The van der Waals surface area contributed by atoms with Crippen molar-refractivity contribution in [1.82, 2.24) is 0 Å². The van der Waals surface area contributed by atoms with E-state index in [4.69, 9.17) is 4.74 Å². The van der Waals surface area contributed by atoms with Gasteiger partial charge in [-0.3, -0.25) is 0 Å². The molecule has 0 heterocycles. The number of ether oxygens (including phenoxy) is 2. The second-order valence-electron chi connectivity index (χ2n) is 4.72. The van der Waals surface area contributed by atoms with Crippen molar-refractivity contribution in [1.29, 1.82) is 10.5 Å². The van der Waals surface area contributed by atoms with Gasteiger partial charge in [-0.2, -0.15) is 10.5 Å². The third kappa shape index (κ3) is 4.14. The van der Waals surface area contributed by atoms with Crippen LogP contribution in [0.25, 0.3) is 0 Å². The van der Waals surface area contributed by atoms with Gasteiger partial charge in [-0.15, -0.1) is 11.8 Å². The topological polar surface area (TPSA) is 100 Å². The van der Waals surface area contributed by atoms with Crippen molar-refractivity contribution in [2.24, 2.45) is 5.92 Å². The number of hydrogen-bond donors (Lipinski definition) is 0. The van der Waals surface area contributed by atoms with E-state index in [0.717, 1.165) is 6.42 Å².